The minimum atomic E-state index is -0.449. The summed E-state index contributed by atoms with van der Waals surface area (Å²) in [6.45, 7) is 0. The van der Waals surface area contributed by atoms with Crippen molar-refractivity contribution in [2.45, 2.75) is 5.92 Å². The fraction of sp³-hybridized carbons (Fsp3) is 0.133. The highest BCUT2D eigenvalue weighted by atomic mass is 79.9. The van der Waals surface area contributed by atoms with Gasteiger partial charge in [0.25, 0.3) is 0 Å². The molecular weight excluding hydrogens is 334 g/mol. The van der Waals surface area contributed by atoms with Crippen LogP contribution in [0.1, 0.15) is 11.5 Å². The molecule has 1 N–H and O–H groups in total. The predicted octanol–water partition coefficient (Wildman–Crippen LogP) is 3.29. The maximum atomic E-state index is 12.0. The molecule has 0 saturated heterocycles. The number of hydrogen-bond donors (Lipinski definition) is 1. The monoisotopic (exact) mass is 345 g/mol. The van der Waals surface area contributed by atoms with Gasteiger partial charge in [-0.1, -0.05) is 12.1 Å². The van der Waals surface area contributed by atoms with Crippen molar-refractivity contribution in [3.05, 3.63) is 46.6 Å². The van der Waals surface area contributed by atoms with Crippen molar-refractivity contribution in [1.82, 2.24) is 4.98 Å². The lowest BCUT2D eigenvalue weighted by atomic mass is 10.0. The molecule has 106 valence electrons. The fourth-order valence-corrected chi connectivity index (χ4v) is 2.52. The molecular formula is C15H12BrN3O2. The molecule has 0 spiro atoms. The number of fused-ring (bicyclic) bond motifs is 1. The third-order valence-electron chi connectivity index (χ3n) is 3.19. The molecule has 0 fully saturated rings. The highest BCUT2D eigenvalue weighted by Gasteiger charge is 2.30. The summed E-state index contributed by atoms with van der Waals surface area (Å²) in [4.78, 5) is 20.6. The van der Waals surface area contributed by atoms with Gasteiger partial charge in [-0.2, -0.15) is 0 Å². The number of aromatic nitrogens is 1. The minimum absolute atomic E-state index is 0.130. The molecule has 1 unspecified atom stereocenters. The molecule has 21 heavy (non-hydrogen) atoms. The molecule has 5 nitrogen and oxygen atoms in total. The summed E-state index contributed by atoms with van der Waals surface area (Å²) < 4.78 is 6.07. The van der Waals surface area contributed by atoms with E-state index in [2.05, 4.69) is 31.2 Å². The molecule has 1 atom stereocenters. The van der Waals surface area contributed by atoms with E-state index in [0.717, 1.165) is 10.0 Å². The number of nitrogens with one attached hydrogen (secondary N) is 1. The van der Waals surface area contributed by atoms with E-state index in [1.54, 1.807) is 19.5 Å². The van der Waals surface area contributed by atoms with Crippen molar-refractivity contribution in [3.8, 4) is 5.75 Å². The van der Waals surface area contributed by atoms with Crippen LogP contribution >= 0.6 is 15.9 Å². The molecule has 2 heterocycles. The number of carbonyl (C=O) groups is 1. The number of aliphatic imine (C=N–C) groups is 1. The van der Waals surface area contributed by atoms with Crippen LogP contribution in [0.3, 0.4) is 0 Å². The molecule has 6 heteroatoms. The first kappa shape index (κ1) is 13.8. The van der Waals surface area contributed by atoms with E-state index >= 15 is 0 Å². The second-order valence-electron chi connectivity index (χ2n) is 4.51. The number of rotatable bonds is 3. The molecule has 0 aliphatic carbocycles. The van der Waals surface area contributed by atoms with Crippen LogP contribution in [0, 0.1) is 0 Å². The Morgan fingerprint density at radius 2 is 2.24 bits per heavy atom. The second kappa shape index (κ2) is 5.65. The lowest BCUT2D eigenvalue weighted by Crippen LogP contribution is -2.12. The van der Waals surface area contributed by atoms with Crippen LogP contribution in [0.4, 0.5) is 11.5 Å². The van der Waals surface area contributed by atoms with E-state index < -0.39 is 5.92 Å². The molecule has 2 aromatic rings. The van der Waals surface area contributed by atoms with Gasteiger partial charge in [-0.15, -0.1) is 0 Å². The predicted molar refractivity (Wildman–Crippen MR) is 84.5 cm³/mol. The summed E-state index contributed by atoms with van der Waals surface area (Å²) in [5.41, 5.74) is 1.50. The number of amides is 1. The van der Waals surface area contributed by atoms with Crippen molar-refractivity contribution >= 4 is 39.6 Å². The van der Waals surface area contributed by atoms with Crippen LogP contribution in [0.25, 0.3) is 0 Å². The number of anilines is 1. The van der Waals surface area contributed by atoms with Gasteiger partial charge in [-0.3, -0.25) is 9.79 Å². The summed E-state index contributed by atoms with van der Waals surface area (Å²) >= 11 is 3.37. The third kappa shape index (κ3) is 2.67. The zero-order valence-corrected chi connectivity index (χ0v) is 12.8. The van der Waals surface area contributed by atoms with Crippen LogP contribution in [-0.2, 0) is 4.79 Å². The van der Waals surface area contributed by atoms with Gasteiger partial charge in [0.1, 0.15) is 23.2 Å². The van der Waals surface area contributed by atoms with E-state index in [4.69, 9.17) is 4.74 Å². The van der Waals surface area contributed by atoms with Gasteiger partial charge in [-0.25, -0.2) is 4.98 Å². The Kier molecular flexibility index (Phi) is 3.70. The number of halogens is 1. The van der Waals surface area contributed by atoms with Crippen LogP contribution in [0.2, 0.25) is 0 Å². The van der Waals surface area contributed by atoms with Gasteiger partial charge in [0.15, 0.2) is 0 Å². The van der Waals surface area contributed by atoms with Gasteiger partial charge >= 0.3 is 0 Å². The molecule has 3 rings (SSSR count). The molecule has 1 aliphatic rings. The van der Waals surface area contributed by atoms with Gasteiger partial charge in [0.05, 0.1) is 7.11 Å². The number of benzene rings is 1. The lowest BCUT2D eigenvalue weighted by Gasteiger charge is -2.05. The van der Waals surface area contributed by atoms with Crippen molar-refractivity contribution in [2.24, 2.45) is 4.99 Å². The fourth-order valence-electron chi connectivity index (χ4n) is 2.17. The average Bonchev–Trinajstić information content (AvgIpc) is 2.80. The summed E-state index contributed by atoms with van der Waals surface area (Å²) in [5.74, 6) is 0.670. The second-order valence-corrected chi connectivity index (χ2v) is 5.42. The summed E-state index contributed by atoms with van der Waals surface area (Å²) in [7, 11) is 1.59. The molecule has 0 saturated carbocycles. The Bertz CT molecular complexity index is 731. The maximum absolute atomic E-state index is 12.0. The SMILES string of the molecule is COc1ccccc1N=CC1C(=O)Nc2ncc(Br)cc21. The van der Waals surface area contributed by atoms with Crippen LogP contribution in [0.5, 0.6) is 5.75 Å². The number of para-hydroxylation sites is 2. The largest absolute Gasteiger partial charge is 0.494 e. The first-order valence-electron chi connectivity index (χ1n) is 6.32. The standard InChI is InChI=1S/C15H12BrN3O2/c1-21-13-5-3-2-4-12(13)17-8-11-10-6-9(16)7-18-14(10)19-15(11)20/h2-8,11H,1H3,(H,18,19,20). The van der Waals surface area contributed by atoms with Crippen molar-refractivity contribution < 1.29 is 9.53 Å². The number of hydrogen-bond acceptors (Lipinski definition) is 4. The molecule has 0 radical (unpaired) electrons. The average molecular weight is 346 g/mol. The van der Waals surface area contributed by atoms with Gasteiger partial charge in [-0.05, 0) is 34.1 Å². The van der Waals surface area contributed by atoms with E-state index in [9.17, 15) is 4.79 Å². The Labute approximate surface area is 130 Å². The van der Waals surface area contributed by atoms with Crippen LogP contribution < -0.4 is 10.1 Å². The number of nitrogens with zero attached hydrogens (tertiary/aromatic N) is 2. The Hall–Kier alpha value is -2.21. The van der Waals surface area contributed by atoms with Crippen molar-refractivity contribution in [1.29, 1.82) is 0 Å². The van der Waals surface area contributed by atoms with E-state index in [1.165, 1.54) is 0 Å². The van der Waals surface area contributed by atoms with Crippen molar-refractivity contribution in [2.75, 3.05) is 12.4 Å². The van der Waals surface area contributed by atoms with Gasteiger partial charge < -0.3 is 10.1 Å². The highest BCUT2D eigenvalue weighted by molar-refractivity contribution is 9.10. The number of ether oxygens (including phenoxy) is 1. The molecule has 1 amide bonds. The molecule has 0 bridgehead atoms. The Morgan fingerprint density at radius 3 is 3.05 bits per heavy atom. The molecule has 1 aromatic heterocycles. The van der Waals surface area contributed by atoms with Crippen molar-refractivity contribution in [3.63, 3.8) is 0 Å². The van der Waals surface area contributed by atoms with Gasteiger partial charge in [0.2, 0.25) is 5.91 Å². The zero-order chi connectivity index (χ0) is 14.8. The van der Waals surface area contributed by atoms with Crippen LogP contribution in [0.15, 0.2) is 46.0 Å². The van der Waals surface area contributed by atoms with Crippen LogP contribution in [-0.4, -0.2) is 24.2 Å². The lowest BCUT2D eigenvalue weighted by molar-refractivity contribution is -0.115. The maximum Gasteiger partial charge on any atom is 0.238 e. The first-order chi connectivity index (χ1) is 10.2. The molecule has 1 aliphatic heterocycles. The third-order valence-corrected chi connectivity index (χ3v) is 3.62. The number of methoxy groups -OCH3 is 1. The van der Waals surface area contributed by atoms with E-state index in [-0.39, 0.29) is 5.91 Å². The minimum Gasteiger partial charge on any atom is -0.494 e. The Morgan fingerprint density at radius 1 is 1.43 bits per heavy atom. The van der Waals surface area contributed by atoms with E-state index in [1.807, 2.05) is 30.3 Å². The summed E-state index contributed by atoms with van der Waals surface area (Å²) in [5, 5.41) is 2.75. The zero-order valence-electron chi connectivity index (χ0n) is 11.2. The summed E-state index contributed by atoms with van der Waals surface area (Å²) in [6, 6.07) is 9.28. The topological polar surface area (TPSA) is 63.6 Å². The smallest absolute Gasteiger partial charge is 0.238 e. The number of carbonyl (C=O) groups excluding carboxylic acids is 1. The molecule has 1 aromatic carbocycles. The van der Waals surface area contributed by atoms with E-state index in [0.29, 0.717) is 17.3 Å². The normalized spacial score (nSPS) is 16.9. The number of pyridine rings is 1. The van der Waals surface area contributed by atoms with Gasteiger partial charge in [0, 0.05) is 22.4 Å². The quantitative estimate of drug-likeness (QED) is 0.868. The summed E-state index contributed by atoms with van der Waals surface area (Å²) in [6.07, 6.45) is 3.27. The highest BCUT2D eigenvalue weighted by Crippen LogP contribution is 2.33. The first-order valence-corrected chi connectivity index (χ1v) is 7.12. The Balaban J connectivity index is 1.94.